The lowest BCUT2D eigenvalue weighted by atomic mass is 10.1. The molecule has 0 aliphatic carbocycles. The van der Waals surface area contributed by atoms with E-state index in [1.165, 1.54) is 41.6 Å². The number of nitrogens with zero attached hydrogens (tertiary/aromatic N) is 4. The molecule has 12 aromatic carbocycles. The van der Waals surface area contributed by atoms with E-state index in [2.05, 4.69) is 0 Å². The van der Waals surface area contributed by atoms with E-state index in [1.54, 1.807) is 145 Å². The van der Waals surface area contributed by atoms with Crippen LogP contribution in [0.5, 0.6) is 57.5 Å². The van der Waals surface area contributed by atoms with Crippen LogP contribution in [0.1, 0.15) is 22.3 Å². The van der Waals surface area contributed by atoms with Crippen molar-refractivity contribution in [1.29, 1.82) is 0 Å². The topological polar surface area (TPSA) is 345 Å². The van der Waals surface area contributed by atoms with Crippen LogP contribution in [-0.2, 0) is 26.2 Å². The Kier molecular flexibility index (Phi) is 26.4. The summed E-state index contributed by atoms with van der Waals surface area (Å²) in [5.41, 5.74) is 0.778. The lowest BCUT2D eigenvalue weighted by Crippen LogP contribution is -2.23. The normalized spacial score (nSPS) is 11.5. The number of rotatable bonds is 20. The number of aromatic nitrogens is 4. The Morgan fingerprint density at radius 1 is 0.307 bits per heavy atom. The minimum absolute atomic E-state index is 0.000748. The van der Waals surface area contributed by atoms with Gasteiger partial charge in [0.05, 0.1) is 76.7 Å². The van der Waals surface area contributed by atoms with Gasteiger partial charge in [-0.05, 0) is 144 Å². The first-order chi connectivity index (χ1) is 66.5. The molecule has 4 N–H and O–H groups in total. The molecule has 0 bridgehead atoms. The first-order valence-corrected chi connectivity index (χ1v) is 45.6. The summed E-state index contributed by atoms with van der Waals surface area (Å²) in [6, 6.07) is 85.2. The fourth-order valence-electron chi connectivity index (χ4n) is 15.7. The molecule has 0 unspecified atom stereocenters. The van der Waals surface area contributed by atoms with Gasteiger partial charge in [-0.3, -0.25) is 19.2 Å². The zero-order valence-corrected chi connectivity index (χ0v) is 76.6. The first kappa shape index (κ1) is 91.4. The molecule has 0 saturated heterocycles. The van der Waals surface area contributed by atoms with E-state index >= 15 is 0 Å². The number of hydrogen-bond acceptors (Lipinski definition) is 26. The van der Waals surface area contributed by atoms with Crippen molar-refractivity contribution in [3.63, 3.8) is 0 Å². The highest BCUT2D eigenvalue weighted by molar-refractivity contribution is 8.00. The second kappa shape index (κ2) is 39.6. The van der Waals surface area contributed by atoms with Gasteiger partial charge < -0.3 is 84.8 Å². The number of methoxy groups -OCH3 is 4. The Balaban J connectivity index is 0.000000122. The van der Waals surface area contributed by atoms with Crippen LogP contribution in [-0.4, -0.2) is 73.9 Å². The van der Waals surface area contributed by atoms with E-state index in [4.69, 9.17) is 57.7 Å². The minimum atomic E-state index is -0.823. The van der Waals surface area contributed by atoms with Gasteiger partial charge in [0.1, 0.15) is 69.9 Å². The van der Waals surface area contributed by atoms with E-state index in [0.29, 0.717) is 97.8 Å². The standard InChI is InChI=1S/C27H19NO7S.C26H18ClNO5S.C26H18FNO5S.C26H19NO5S/c1-32-16-7-9-17(10-8-16)36-25-23(29)22-24(35-27(25)31)18-11-20-21(34-14-33-20)12-19(18)28(26(22)30)13-15-5-3-2-4-6-15;1-32-17-9-12-19-20(13-17)28(14-15-5-3-2-4-6-15)25(30)21-22(29)24(26(31)33-23(19)21)34-18-10-7-16(27)8-11-18;1-32-17-10-11-19-20(13-17)28(14-15-6-3-2-4-7-15)25(30)21-22(29)24(26(31)33-23(19)21)34-18-9-5-8-16(27)12-18;1-31-17-12-13-19-20(14-17)27(15-16-8-4-2-5-9-16)25(29)21-22(28)24(26(30)32-23(19)21)33-18-10-6-3-7-11-18/h2-12,29H,13-14H2,1H3;2*2-13,29H,14H2,1H3;2-14,28H,15H2,1H3. The average Bonchev–Trinajstić information content (AvgIpc) is 1.46. The van der Waals surface area contributed by atoms with Crippen LogP contribution in [0.25, 0.3) is 87.5 Å². The molecular weight excluding hydrogens is 1850 g/mol. The van der Waals surface area contributed by atoms with Gasteiger partial charge in [-0.1, -0.05) is 204 Å². The number of halogens is 2. The van der Waals surface area contributed by atoms with E-state index < -0.39 is 67.8 Å². The Morgan fingerprint density at radius 3 is 0.912 bits per heavy atom. The maximum atomic E-state index is 13.8. The first-order valence-electron chi connectivity index (χ1n) is 42.0. The van der Waals surface area contributed by atoms with Gasteiger partial charge >= 0.3 is 22.5 Å². The third-order valence-electron chi connectivity index (χ3n) is 22.3. The monoisotopic (exact) mass is 1920 g/mol. The highest BCUT2D eigenvalue weighted by Crippen LogP contribution is 2.46. The molecule has 137 heavy (non-hydrogen) atoms. The maximum absolute atomic E-state index is 13.8. The Hall–Kier alpha value is -16.1. The third kappa shape index (κ3) is 18.7. The fourth-order valence-corrected chi connectivity index (χ4v) is 19.3. The largest absolute Gasteiger partial charge is 0.505 e. The molecule has 20 aromatic rings. The van der Waals surface area contributed by atoms with Gasteiger partial charge in [-0.2, -0.15) is 0 Å². The van der Waals surface area contributed by atoms with E-state index in [9.17, 15) is 63.2 Å². The van der Waals surface area contributed by atoms with Crippen molar-refractivity contribution in [2.45, 2.75) is 65.3 Å². The maximum Gasteiger partial charge on any atom is 0.354 e. The van der Waals surface area contributed by atoms with Crippen LogP contribution in [0.3, 0.4) is 0 Å². The number of hydrogen-bond donors (Lipinski definition) is 4. The predicted octanol–water partition coefficient (Wildman–Crippen LogP) is 20.6. The fraction of sp³-hybridized carbons (Fsp3) is 0.0857. The van der Waals surface area contributed by atoms with Gasteiger partial charge in [0.25, 0.3) is 22.2 Å². The summed E-state index contributed by atoms with van der Waals surface area (Å²) in [5, 5.41) is 46.8. The van der Waals surface area contributed by atoms with Crippen molar-refractivity contribution in [2.75, 3.05) is 35.2 Å². The number of benzene rings is 12. The lowest BCUT2D eigenvalue weighted by Gasteiger charge is -2.15. The lowest BCUT2D eigenvalue weighted by molar-refractivity contribution is 0.174. The Labute approximate surface area is 795 Å². The van der Waals surface area contributed by atoms with Crippen LogP contribution < -0.4 is 73.2 Å². The van der Waals surface area contributed by atoms with Crippen molar-refractivity contribution in [1.82, 2.24) is 18.3 Å². The molecule has 8 aromatic heterocycles. The summed E-state index contributed by atoms with van der Waals surface area (Å²) in [6.45, 7) is 1.05. The summed E-state index contributed by atoms with van der Waals surface area (Å²) in [6.07, 6.45) is 0. The number of aromatic hydroxyl groups is 4. The van der Waals surface area contributed by atoms with Crippen molar-refractivity contribution in [3.05, 3.63) is 407 Å². The molecule has 1 aliphatic heterocycles. The van der Waals surface area contributed by atoms with E-state index in [-0.39, 0.29) is 102 Å². The quantitative estimate of drug-likeness (QED) is 0.0515. The van der Waals surface area contributed by atoms with Crippen LogP contribution >= 0.6 is 58.6 Å². The van der Waals surface area contributed by atoms with Crippen LogP contribution in [0.2, 0.25) is 5.02 Å². The van der Waals surface area contributed by atoms with Crippen LogP contribution in [0.15, 0.2) is 386 Å². The summed E-state index contributed by atoms with van der Waals surface area (Å²) < 4.78 is 74.5. The Bertz CT molecular complexity index is 8650. The molecule has 26 nitrogen and oxygen atoms in total. The van der Waals surface area contributed by atoms with Gasteiger partial charge in [0, 0.05) is 70.4 Å². The van der Waals surface area contributed by atoms with Crippen LogP contribution in [0.4, 0.5) is 4.39 Å². The van der Waals surface area contributed by atoms with Crippen molar-refractivity contribution in [3.8, 4) is 57.5 Å². The summed E-state index contributed by atoms with van der Waals surface area (Å²) >= 11 is 9.87. The molecule has 0 atom stereocenters. The molecule has 1 aliphatic rings. The number of fused-ring (bicyclic) bond motifs is 13. The average molecular weight is 1930 g/mol. The highest BCUT2D eigenvalue weighted by Gasteiger charge is 2.30. The summed E-state index contributed by atoms with van der Waals surface area (Å²) in [7, 11) is 6.15. The minimum Gasteiger partial charge on any atom is -0.505 e. The number of pyridine rings is 4. The third-order valence-corrected chi connectivity index (χ3v) is 26.9. The van der Waals surface area contributed by atoms with Gasteiger partial charge in [0.15, 0.2) is 56.8 Å². The summed E-state index contributed by atoms with van der Waals surface area (Å²) in [4.78, 5) is 109. The zero-order chi connectivity index (χ0) is 95.4. The van der Waals surface area contributed by atoms with Gasteiger partial charge in [-0.25, -0.2) is 23.6 Å². The van der Waals surface area contributed by atoms with Crippen molar-refractivity contribution >= 4 is 146 Å². The molecule has 0 radical (unpaired) electrons. The van der Waals surface area contributed by atoms with Gasteiger partial charge in [0.2, 0.25) is 6.79 Å². The molecule has 0 amide bonds. The molecule has 32 heteroatoms. The Morgan fingerprint density at radius 2 is 0.584 bits per heavy atom. The second-order valence-electron chi connectivity index (χ2n) is 30.8. The molecule has 684 valence electrons. The molecule has 0 spiro atoms. The zero-order valence-electron chi connectivity index (χ0n) is 72.6. The predicted molar refractivity (Wildman–Crippen MR) is 525 cm³/mol. The van der Waals surface area contributed by atoms with Gasteiger partial charge in [-0.15, -0.1) is 0 Å². The molecule has 21 rings (SSSR count). The van der Waals surface area contributed by atoms with Crippen LogP contribution in [0, 0.1) is 5.82 Å². The van der Waals surface area contributed by atoms with E-state index in [1.807, 2.05) is 152 Å². The van der Waals surface area contributed by atoms with Crippen molar-refractivity contribution < 1.29 is 70.9 Å². The molecule has 0 fully saturated rings. The summed E-state index contributed by atoms with van der Waals surface area (Å²) in [5.74, 6) is 1.06. The second-order valence-corrected chi connectivity index (χ2v) is 35.5. The number of ether oxygens (including phenoxy) is 6. The van der Waals surface area contributed by atoms with Crippen molar-refractivity contribution in [2.24, 2.45) is 0 Å². The molecule has 0 saturated carbocycles. The molecule has 9 heterocycles. The SMILES string of the molecule is COc1ccc(Sc2c(O)c3c(=O)n(Cc4ccccc4)c4cc5c(cc4c3oc2=O)OCO5)cc1.COc1ccc2c3oc(=O)c(Sc4ccc(Cl)cc4)c(O)c3c(=O)n(Cc3ccccc3)c2c1.COc1ccc2c3oc(=O)c(Sc4cccc(F)c4)c(O)c3c(=O)n(Cc3ccccc3)c2c1.COc1ccc2c3oc(=O)c(Sc4ccccc4)c(O)c3c(=O)n(Cc3ccccc3)c2c1. The highest BCUT2D eigenvalue weighted by atomic mass is 35.5. The molecular formula is C105H74ClFN4O22S4. The smallest absolute Gasteiger partial charge is 0.354 e. The van der Waals surface area contributed by atoms with E-state index in [0.717, 1.165) is 74.2 Å².